The molecule has 0 spiro atoms. The molecule has 2 aliphatic rings. The number of carbonyl (C=O) groups excluding carboxylic acids is 3. The van der Waals surface area contributed by atoms with Crippen LogP contribution < -0.4 is 16.0 Å². The predicted octanol–water partition coefficient (Wildman–Crippen LogP) is 6.02. The normalized spacial score (nSPS) is 20.5. The first-order valence-corrected chi connectivity index (χ1v) is 14.7. The van der Waals surface area contributed by atoms with Gasteiger partial charge >= 0.3 is 0 Å². The third kappa shape index (κ3) is 10.1. The molecule has 0 saturated heterocycles. The van der Waals surface area contributed by atoms with Crippen LogP contribution >= 0.6 is 0 Å². The van der Waals surface area contributed by atoms with Crippen molar-refractivity contribution in [2.45, 2.75) is 65.3 Å². The molecule has 0 heterocycles. The van der Waals surface area contributed by atoms with Crippen molar-refractivity contribution in [1.82, 2.24) is 15.5 Å². The molecule has 2 unspecified atom stereocenters. The van der Waals surface area contributed by atoms with E-state index in [1.165, 1.54) is 0 Å². The minimum Gasteiger partial charge on any atom is -0.378 e. The van der Waals surface area contributed by atoms with Crippen molar-refractivity contribution in [1.29, 1.82) is 0 Å². The van der Waals surface area contributed by atoms with Gasteiger partial charge in [-0.2, -0.15) is 0 Å². The van der Waals surface area contributed by atoms with Gasteiger partial charge in [0, 0.05) is 36.0 Å². The molecule has 0 bridgehead atoms. The summed E-state index contributed by atoms with van der Waals surface area (Å²) in [6, 6.07) is 7.86. The molecule has 218 valence electrons. The van der Waals surface area contributed by atoms with Crippen LogP contribution in [0.2, 0.25) is 0 Å². The van der Waals surface area contributed by atoms with E-state index in [0.29, 0.717) is 25.1 Å². The number of amides is 3. The smallest absolute Gasteiger partial charge is 0.243 e. The second-order valence-corrected chi connectivity index (χ2v) is 10.3. The summed E-state index contributed by atoms with van der Waals surface area (Å²) in [6.45, 7) is 6.80. The molecule has 1 aromatic carbocycles. The molecule has 7 heteroatoms. The Bertz CT molecular complexity index is 1220. The molecule has 2 atom stereocenters. The Balaban J connectivity index is 1.61. The van der Waals surface area contributed by atoms with E-state index >= 15 is 0 Å². The van der Waals surface area contributed by atoms with E-state index in [1.54, 1.807) is 4.90 Å². The Morgan fingerprint density at radius 3 is 2.59 bits per heavy atom. The zero-order chi connectivity index (χ0) is 29.5. The Hall–Kier alpha value is -4.13. The standard InChI is InChI=1S/C34H44N4O3/c1-4-12-31(37-32-20-19-30(35-25-39)23-27(32)6-3)28-15-17-29(18-16-28)36-33(40)24-38(21-5-2)34(41)22-26-13-10-8-7-9-11-14-26/h8-13,15-20,23,25,27,32,37H,4-7,14,21-22,24H2,1-3H3,(H,35,39)(H,36,40)/b10-8-,11-9?,26-13+,31-12+. The largest absolute Gasteiger partial charge is 0.378 e. The maximum absolute atomic E-state index is 13.0. The topological polar surface area (TPSA) is 90.5 Å². The highest BCUT2D eigenvalue weighted by Gasteiger charge is 2.21. The van der Waals surface area contributed by atoms with Gasteiger partial charge < -0.3 is 20.9 Å². The van der Waals surface area contributed by atoms with Crippen molar-refractivity contribution >= 4 is 29.6 Å². The summed E-state index contributed by atoms with van der Waals surface area (Å²) in [5.41, 5.74) is 4.59. The van der Waals surface area contributed by atoms with Gasteiger partial charge in [-0.05, 0) is 55.9 Å². The molecule has 0 saturated carbocycles. The second-order valence-electron chi connectivity index (χ2n) is 10.3. The van der Waals surface area contributed by atoms with Crippen molar-refractivity contribution in [2.24, 2.45) is 5.92 Å². The van der Waals surface area contributed by atoms with Crippen LogP contribution in [0.1, 0.15) is 64.9 Å². The molecule has 41 heavy (non-hydrogen) atoms. The molecule has 3 amide bonds. The van der Waals surface area contributed by atoms with Gasteiger partial charge in [-0.25, -0.2) is 0 Å². The minimum absolute atomic E-state index is 0.0246. The Kier molecular flexibility index (Phi) is 12.9. The monoisotopic (exact) mass is 556 g/mol. The number of hydrogen-bond acceptors (Lipinski definition) is 4. The van der Waals surface area contributed by atoms with Crippen LogP contribution in [0.5, 0.6) is 0 Å². The fourth-order valence-corrected chi connectivity index (χ4v) is 4.94. The molecule has 2 aliphatic carbocycles. The number of anilines is 1. The molecule has 0 aromatic heterocycles. The van der Waals surface area contributed by atoms with Crippen LogP contribution in [0.4, 0.5) is 5.69 Å². The second kappa shape index (κ2) is 16.9. The fourth-order valence-electron chi connectivity index (χ4n) is 4.94. The van der Waals surface area contributed by atoms with E-state index in [4.69, 9.17) is 0 Å². The number of nitrogens with one attached hydrogen (secondary N) is 3. The molecule has 3 N–H and O–H groups in total. The van der Waals surface area contributed by atoms with Crippen LogP contribution in [0.25, 0.3) is 5.70 Å². The summed E-state index contributed by atoms with van der Waals surface area (Å²) in [5, 5.41) is 9.35. The van der Waals surface area contributed by atoms with E-state index in [9.17, 15) is 14.4 Å². The van der Waals surface area contributed by atoms with Crippen LogP contribution in [0.3, 0.4) is 0 Å². The first-order valence-electron chi connectivity index (χ1n) is 14.7. The maximum Gasteiger partial charge on any atom is 0.243 e. The number of allylic oxidation sites excluding steroid dienone is 7. The maximum atomic E-state index is 13.0. The van der Waals surface area contributed by atoms with Gasteiger partial charge in [0.1, 0.15) is 0 Å². The zero-order valence-electron chi connectivity index (χ0n) is 24.6. The lowest BCUT2D eigenvalue weighted by Gasteiger charge is -2.28. The summed E-state index contributed by atoms with van der Waals surface area (Å²) < 4.78 is 0. The van der Waals surface area contributed by atoms with Crippen molar-refractivity contribution in [2.75, 3.05) is 18.4 Å². The summed E-state index contributed by atoms with van der Waals surface area (Å²) >= 11 is 0. The predicted molar refractivity (Wildman–Crippen MR) is 168 cm³/mol. The van der Waals surface area contributed by atoms with E-state index in [1.807, 2.05) is 49.4 Å². The van der Waals surface area contributed by atoms with E-state index in [0.717, 1.165) is 54.6 Å². The molecular weight excluding hydrogens is 512 g/mol. The lowest BCUT2D eigenvalue weighted by atomic mass is 9.90. The van der Waals surface area contributed by atoms with Gasteiger partial charge in [-0.1, -0.05) is 87.1 Å². The van der Waals surface area contributed by atoms with Gasteiger partial charge in [-0.3, -0.25) is 14.4 Å². The van der Waals surface area contributed by atoms with E-state index < -0.39 is 0 Å². The first-order chi connectivity index (χ1) is 20.0. The van der Waals surface area contributed by atoms with Crippen molar-refractivity contribution in [3.8, 4) is 0 Å². The Morgan fingerprint density at radius 1 is 1.07 bits per heavy atom. The molecule has 0 aliphatic heterocycles. The van der Waals surface area contributed by atoms with Crippen molar-refractivity contribution in [3.63, 3.8) is 0 Å². The number of nitrogens with zero attached hydrogens (tertiary/aromatic N) is 1. The number of rotatable bonds is 14. The van der Waals surface area contributed by atoms with Crippen LogP contribution in [0.15, 0.2) is 90.2 Å². The van der Waals surface area contributed by atoms with E-state index in [-0.39, 0.29) is 30.3 Å². The average Bonchev–Trinajstić information content (AvgIpc) is 2.95. The molecular formula is C34H44N4O3. The molecule has 0 fully saturated rings. The van der Waals surface area contributed by atoms with Gasteiger partial charge in [0.15, 0.2) is 0 Å². The number of benzene rings is 1. The van der Waals surface area contributed by atoms with Gasteiger partial charge in [0.25, 0.3) is 0 Å². The van der Waals surface area contributed by atoms with Crippen LogP contribution in [-0.2, 0) is 14.4 Å². The summed E-state index contributed by atoms with van der Waals surface area (Å²) in [5.74, 6) is 0.00172. The molecule has 3 rings (SSSR count). The quantitative estimate of drug-likeness (QED) is 0.193. The third-order valence-corrected chi connectivity index (χ3v) is 7.09. The van der Waals surface area contributed by atoms with Crippen LogP contribution in [0, 0.1) is 5.92 Å². The third-order valence-electron chi connectivity index (χ3n) is 7.09. The summed E-state index contributed by atoms with van der Waals surface area (Å²) in [6.07, 6.45) is 23.8. The zero-order valence-corrected chi connectivity index (χ0v) is 24.6. The number of hydrogen-bond donors (Lipinski definition) is 3. The highest BCUT2D eigenvalue weighted by atomic mass is 16.2. The SMILES string of the molecule is CC/C=C(/NC1C=CC(NC=O)=CC1CC)c1ccc(NC(=O)CN(CCC)C(=O)C/C2=C/C=C\CC=CC2)cc1. The van der Waals surface area contributed by atoms with Crippen molar-refractivity contribution in [3.05, 3.63) is 95.8 Å². The van der Waals surface area contributed by atoms with Gasteiger partial charge in [-0.15, -0.1) is 0 Å². The van der Waals surface area contributed by atoms with E-state index in [2.05, 4.69) is 66.3 Å². The van der Waals surface area contributed by atoms with Gasteiger partial charge in [0.2, 0.25) is 18.2 Å². The highest BCUT2D eigenvalue weighted by molar-refractivity contribution is 5.95. The summed E-state index contributed by atoms with van der Waals surface area (Å²) in [4.78, 5) is 38.4. The highest BCUT2D eigenvalue weighted by Crippen LogP contribution is 2.24. The lowest BCUT2D eigenvalue weighted by molar-refractivity contribution is -0.134. The van der Waals surface area contributed by atoms with Crippen molar-refractivity contribution < 1.29 is 14.4 Å². The fraction of sp³-hybridized carbons (Fsp3) is 0.382. The van der Waals surface area contributed by atoms with Crippen LogP contribution in [-0.4, -0.2) is 42.3 Å². The first kappa shape index (κ1) is 31.4. The van der Waals surface area contributed by atoms with Gasteiger partial charge in [0.05, 0.1) is 12.6 Å². The Morgan fingerprint density at radius 2 is 1.88 bits per heavy atom. The molecule has 7 nitrogen and oxygen atoms in total. The molecule has 1 aromatic rings. The number of carbonyl (C=O) groups is 3. The molecule has 0 radical (unpaired) electrons. The summed E-state index contributed by atoms with van der Waals surface area (Å²) in [7, 11) is 0. The average molecular weight is 557 g/mol. The minimum atomic E-state index is -0.210. The lowest BCUT2D eigenvalue weighted by Crippen LogP contribution is -2.38. The Labute approximate surface area is 244 Å².